The lowest BCUT2D eigenvalue weighted by molar-refractivity contribution is 0.102. The van der Waals surface area contributed by atoms with Gasteiger partial charge in [0.25, 0.3) is 5.91 Å². The summed E-state index contributed by atoms with van der Waals surface area (Å²) in [6.07, 6.45) is 0. The quantitative estimate of drug-likeness (QED) is 0.815. The van der Waals surface area contributed by atoms with Gasteiger partial charge in [0.2, 0.25) is 0 Å². The number of carbonyl (C=O) groups excluding carboxylic acids is 1. The summed E-state index contributed by atoms with van der Waals surface area (Å²) >= 11 is 2.19. The molecule has 0 aliphatic rings. The molecule has 1 aromatic heterocycles. The summed E-state index contributed by atoms with van der Waals surface area (Å²) in [6.45, 7) is 2.76. The Labute approximate surface area is 125 Å². The lowest BCUT2D eigenvalue weighted by atomic mass is 10.3. The Morgan fingerprint density at radius 2 is 2.00 bits per heavy atom. The number of nitrogens with zero attached hydrogens (tertiary/aromatic N) is 1. The Hall–Kier alpha value is -1.63. The minimum atomic E-state index is -0.205. The van der Waals surface area contributed by atoms with Crippen LogP contribution in [-0.4, -0.2) is 17.4 Å². The van der Waals surface area contributed by atoms with E-state index in [0.29, 0.717) is 11.5 Å². The molecule has 0 aliphatic carbocycles. The fourth-order valence-corrected chi connectivity index (χ4v) is 2.11. The Morgan fingerprint density at radius 3 is 2.74 bits per heavy atom. The van der Waals surface area contributed by atoms with E-state index in [2.05, 4.69) is 38.2 Å². The van der Waals surface area contributed by atoms with E-state index < -0.39 is 0 Å². The largest absolute Gasteiger partial charge is 0.370 e. The van der Waals surface area contributed by atoms with Crippen LogP contribution in [0, 0.1) is 3.57 Å². The molecule has 0 fully saturated rings. The molecule has 0 bridgehead atoms. The summed E-state index contributed by atoms with van der Waals surface area (Å²) in [4.78, 5) is 16.4. The summed E-state index contributed by atoms with van der Waals surface area (Å²) < 4.78 is 0.997. The highest BCUT2D eigenvalue weighted by Gasteiger charge is 2.09. The number of amides is 1. The van der Waals surface area contributed by atoms with Crippen molar-refractivity contribution in [2.24, 2.45) is 0 Å². The Balaban J connectivity index is 2.16. The van der Waals surface area contributed by atoms with Crippen LogP contribution in [0.3, 0.4) is 0 Å². The van der Waals surface area contributed by atoms with Crippen LogP contribution in [0.25, 0.3) is 0 Å². The van der Waals surface area contributed by atoms with Crippen LogP contribution in [0.4, 0.5) is 11.5 Å². The van der Waals surface area contributed by atoms with E-state index >= 15 is 0 Å². The van der Waals surface area contributed by atoms with Crippen LogP contribution < -0.4 is 10.6 Å². The molecule has 1 amide bonds. The van der Waals surface area contributed by atoms with E-state index in [9.17, 15) is 4.79 Å². The minimum Gasteiger partial charge on any atom is -0.370 e. The number of rotatable bonds is 4. The van der Waals surface area contributed by atoms with E-state index in [4.69, 9.17) is 0 Å². The molecule has 1 aromatic carbocycles. The van der Waals surface area contributed by atoms with Gasteiger partial charge in [-0.3, -0.25) is 4.79 Å². The maximum atomic E-state index is 12.1. The monoisotopic (exact) mass is 367 g/mol. The highest BCUT2D eigenvalue weighted by molar-refractivity contribution is 14.1. The smallest absolute Gasteiger partial charge is 0.274 e. The summed E-state index contributed by atoms with van der Waals surface area (Å²) in [5.74, 6) is 0.502. The van der Waals surface area contributed by atoms with Crippen molar-refractivity contribution in [1.82, 2.24) is 4.98 Å². The predicted octanol–water partition coefficient (Wildman–Crippen LogP) is 3.37. The molecule has 98 valence electrons. The van der Waals surface area contributed by atoms with Crippen LogP contribution >= 0.6 is 22.6 Å². The Morgan fingerprint density at radius 1 is 1.21 bits per heavy atom. The number of benzene rings is 1. The molecule has 4 nitrogen and oxygen atoms in total. The lowest BCUT2D eigenvalue weighted by Crippen LogP contribution is -2.15. The average molecular weight is 367 g/mol. The number of para-hydroxylation sites is 1. The molecule has 5 heteroatoms. The van der Waals surface area contributed by atoms with E-state index in [1.165, 1.54) is 0 Å². The number of hydrogen-bond acceptors (Lipinski definition) is 3. The third-order valence-electron chi connectivity index (χ3n) is 2.46. The normalized spacial score (nSPS) is 10.0. The van der Waals surface area contributed by atoms with Crippen molar-refractivity contribution in [1.29, 1.82) is 0 Å². The molecule has 2 rings (SSSR count). The van der Waals surface area contributed by atoms with Gasteiger partial charge in [0.1, 0.15) is 11.5 Å². The topological polar surface area (TPSA) is 54.0 Å². The van der Waals surface area contributed by atoms with E-state index in [-0.39, 0.29) is 5.91 Å². The zero-order valence-corrected chi connectivity index (χ0v) is 12.6. The number of anilines is 2. The van der Waals surface area contributed by atoms with Crippen molar-refractivity contribution in [2.75, 3.05) is 17.2 Å². The Kier molecular flexibility index (Phi) is 4.73. The maximum absolute atomic E-state index is 12.1. The van der Waals surface area contributed by atoms with Gasteiger partial charge >= 0.3 is 0 Å². The Bertz CT molecular complexity index is 586. The van der Waals surface area contributed by atoms with Crippen molar-refractivity contribution in [3.05, 3.63) is 51.7 Å². The molecular weight excluding hydrogens is 353 g/mol. The zero-order valence-electron chi connectivity index (χ0n) is 10.5. The SMILES string of the molecule is CCNc1cccc(C(=O)Nc2ccccc2I)n1. The van der Waals surface area contributed by atoms with Crippen molar-refractivity contribution in [3.63, 3.8) is 0 Å². The van der Waals surface area contributed by atoms with Crippen LogP contribution in [0.1, 0.15) is 17.4 Å². The van der Waals surface area contributed by atoms with Gasteiger partial charge in [0.15, 0.2) is 0 Å². The summed E-state index contributed by atoms with van der Waals surface area (Å²) in [5.41, 5.74) is 1.20. The fraction of sp³-hybridized carbons (Fsp3) is 0.143. The molecule has 0 saturated carbocycles. The average Bonchev–Trinajstić information content (AvgIpc) is 2.42. The molecule has 1 heterocycles. The van der Waals surface area contributed by atoms with Gasteiger partial charge in [-0.15, -0.1) is 0 Å². The molecule has 0 radical (unpaired) electrons. The number of nitrogens with one attached hydrogen (secondary N) is 2. The second-order valence-corrected chi connectivity index (χ2v) is 5.03. The van der Waals surface area contributed by atoms with Crippen LogP contribution in [0.2, 0.25) is 0 Å². The molecule has 0 atom stereocenters. The van der Waals surface area contributed by atoms with E-state index in [1.807, 2.05) is 43.3 Å². The molecular formula is C14H14IN3O. The second-order valence-electron chi connectivity index (χ2n) is 3.87. The third kappa shape index (κ3) is 3.66. The van der Waals surface area contributed by atoms with Gasteiger partial charge in [-0.05, 0) is 53.8 Å². The van der Waals surface area contributed by atoms with Gasteiger partial charge in [0.05, 0.1) is 5.69 Å². The third-order valence-corrected chi connectivity index (χ3v) is 3.40. The molecule has 2 aromatic rings. The first-order chi connectivity index (χ1) is 9.20. The van der Waals surface area contributed by atoms with Gasteiger partial charge < -0.3 is 10.6 Å². The first-order valence-electron chi connectivity index (χ1n) is 5.97. The molecule has 0 saturated heterocycles. The van der Waals surface area contributed by atoms with Crippen molar-refractivity contribution in [3.8, 4) is 0 Å². The summed E-state index contributed by atoms with van der Waals surface area (Å²) in [5, 5.41) is 5.94. The van der Waals surface area contributed by atoms with Crippen LogP contribution in [0.15, 0.2) is 42.5 Å². The van der Waals surface area contributed by atoms with Gasteiger partial charge in [-0.1, -0.05) is 18.2 Å². The van der Waals surface area contributed by atoms with Crippen molar-refractivity contribution < 1.29 is 4.79 Å². The summed E-state index contributed by atoms with van der Waals surface area (Å²) in [7, 11) is 0. The zero-order chi connectivity index (χ0) is 13.7. The fourth-order valence-electron chi connectivity index (χ4n) is 1.59. The first-order valence-corrected chi connectivity index (χ1v) is 7.05. The molecule has 0 spiro atoms. The minimum absolute atomic E-state index is 0.205. The number of carbonyl (C=O) groups is 1. The van der Waals surface area contributed by atoms with Crippen LogP contribution in [0.5, 0.6) is 0 Å². The molecule has 2 N–H and O–H groups in total. The number of halogens is 1. The maximum Gasteiger partial charge on any atom is 0.274 e. The molecule has 0 aliphatic heterocycles. The molecule has 19 heavy (non-hydrogen) atoms. The number of pyridine rings is 1. The van der Waals surface area contributed by atoms with Crippen molar-refractivity contribution >= 4 is 40.0 Å². The molecule has 0 unspecified atom stereocenters. The van der Waals surface area contributed by atoms with Crippen molar-refractivity contribution in [2.45, 2.75) is 6.92 Å². The number of aromatic nitrogens is 1. The summed E-state index contributed by atoms with van der Waals surface area (Å²) in [6, 6.07) is 13.0. The first kappa shape index (κ1) is 13.8. The number of hydrogen-bond donors (Lipinski definition) is 2. The second kappa shape index (κ2) is 6.51. The van der Waals surface area contributed by atoms with E-state index in [1.54, 1.807) is 6.07 Å². The lowest BCUT2D eigenvalue weighted by Gasteiger charge is -2.08. The van der Waals surface area contributed by atoms with Gasteiger partial charge in [-0.25, -0.2) is 4.98 Å². The standard InChI is InChI=1S/C14H14IN3O/c1-2-16-13-9-5-8-12(17-13)14(19)18-11-7-4-3-6-10(11)15/h3-9H,2H2,1H3,(H,16,17)(H,18,19). The predicted molar refractivity (Wildman–Crippen MR) is 85.5 cm³/mol. The van der Waals surface area contributed by atoms with Gasteiger partial charge in [0, 0.05) is 10.1 Å². The van der Waals surface area contributed by atoms with E-state index in [0.717, 1.165) is 15.8 Å². The highest BCUT2D eigenvalue weighted by Crippen LogP contribution is 2.17. The van der Waals surface area contributed by atoms with Crippen LogP contribution in [-0.2, 0) is 0 Å². The highest BCUT2D eigenvalue weighted by atomic mass is 127. The van der Waals surface area contributed by atoms with Gasteiger partial charge in [-0.2, -0.15) is 0 Å².